The number of amides is 1. The van der Waals surface area contributed by atoms with Crippen molar-refractivity contribution in [2.75, 3.05) is 0 Å². The van der Waals surface area contributed by atoms with E-state index in [4.69, 9.17) is 5.73 Å². The van der Waals surface area contributed by atoms with E-state index >= 15 is 0 Å². The highest BCUT2D eigenvalue weighted by Gasteiger charge is 2.17. The molecule has 0 fully saturated rings. The number of aromatic hydroxyl groups is 2. The number of primary amides is 1. The van der Waals surface area contributed by atoms with Crippen molar-refractivity contribution in [2.45, 2.75) is 6.42 Å². The molecule has 98 valence electrons. The summed E-state index contributed by atoms with van der Waals surface area (Å²) in [6.07, 6.45) is 0.161. The van der Waals surface area contributed by atoms with Gasteiger partial charge >= 0.3 is 0 Å². The number of halogens is 1. The number of benzene rings is 1. The van der Waals surface area contributed by atoms with Crippen molar-refractivity contribution in [3.8, 4) is 11.6 Å². The maximum Gasteiger partial charge on any atom is 0.271 e. The van der Waals surface area contributed by atoms with Gasteiger partial charge in [-0.25, -0.2) is 9.37 Å². The molecular formula is C12H10FN3O3. The van der Waals surface area contributed by atoms with Crippen molar-refractivity contribution in [2.24, 2.45) is 5.73 Å². The highest BCUT2D eigenvalue weighted by molar-refractivity contribution is 5.94. The molecule has 0 aliphatic heterocycles. The molecule has 6 nitrogen and oxygen atoms in total. The minimum absolute atomic E-state index is 0.0932. The van der Waals surface area contributed by atoms with Crippen molar-refractivity contribution in [1.29, 1.82) is 0 Å². The molecule has 7 heteroatoms. The molecule has 1 aromatic carbocycles. The van der Waals surface area contributed by atoms with Crippen molar-refractivity contribution in [3.63, 3.8) is 0 Å². The lowest BCUT2D eigenvalue weighted by Crippen LogP contribution is -2.15. The molecule has 4 N–H and O–H groups in total. The number of nitrogens with zero attached hydrogens (tertiary/aromatic N) is 2. The van der Waals surface area contributed by atoms with E-state index in [1.807, 2.05) is 0 Å². The van der Waals surface area contributed by atoms with Crippen LogP contribution in [0.4, 0.5) is 4.39 Å². The number of aromatic nitrogens is 2. The van der Waals surface area contributed by atoms with Gasteiger partial charge in [-0.3, -0.25) is 4.79 Å². The van der Waals surface area contributed by atoms with Crippen molar-refractivity contribution in [1.82, 2.24) is 9.97 Å². The molecule has 1 heterocycles. The van der Waals surface area contributed by atoms with E-state index in [0.29, 0.717) is 5.56 Å². The Balaban J connectivity index is 2.35. The van der Waals surface area contributed by atoms with Crippen molar-refractivity contribution >= 4 is 5.91 Å². The third kappa shape index (κ3) is 2.76. The average molecular weight is 263 g/mol. The number of rotatable bonds is 3. The van der Waals surface area contributed by atoms with Crippen LogP contribution < -0.4 is 5.73 Å². The Labute approximate surface area is 107 Å². The highest BCUT2D eigenvalue weighted by Crippen LogP contribution is 2.25. The Bertz CT molecular complexity index is 629. The second kappa shape index (κ2) is 4.89. The predicted octanol–water partition coefficient (Wildman–Crippen LogP) is 0.717. The summed E-state index contributed by atoms with van der Waals surface area (Å²) >= 11 is 0. The Kier molecular flexibility index (Phi) is 3.28. The molecule has 2 aromatic rings. The largest absolute Gasteiger partial charge is 0.501 e. The van der Waals surface area contributed by atoms with E-state index < -0.39 is 23.2 Å². The fraction of sp³-hybridized carbons (Fsp3) is 0.0833. The number of hydrogen-bond acceptors (Lipinski definition) is 5. The lowest BCUT2D eigenvalue weighted by atomic mass is 10.1. The van der Waals surface area contributed by atoms with Gasteiger partial charge in [0.25, 0.3) is 11.8 Å². The van der Waals surface area contributed by atoms with E-state index in [-0.39, 0.29) is 18.1 Å². The SMILES string of the molecule is NC(=O)c1nc(Cc2ccc(F)cc2)nc(O)c1O. The highest BCUT2D eigenvalue weighted by atomic mass is 19.1. The zero-order valence-corrected chi connectivity index (χ0v) is 9.67. The molecule has 0 aliphatic carbocycles. The van der Waals surface area contributed by atoms with Gasteiger partial charge in [0.2, 0.25) is 5.75 Å². The first kappa shape index (κ1) is 12.7. The lowest BCUT2D eigenvalue weighted by molar-refractivity contribution is 0.0991. The number of hydrogen-bond donors (Lipinski definition) is 3. The zero-order chi connectivity index (χ0) is 14.0. The van der Waals surface area contributed by atoms with Gasteiger partial charge in [-0.2, -0.15) is 4.98 Å². The van der Waals surface area contributed by atoms with Crippen LogP contribution >= 0.6 is 0 Å². The van der Waals surface area contributed by atoms with Gasteiger partial charge in [-0.15, -0.1) is 0 Å². The lowest BCUT2D eigenvalue weighted by Gasteiger charge is -2.05. The summed E-state index contributed by atoms with van der Waals surface area (Å²) in [5.41, 5.74) is 5.24. The van der Waals surface area contributed by atoms with Gasteiger partial charge in [0.15, 0.2) is 5.69 Å². The van der Waals surface area contributed by atoms with Crippen molar-refractivity contribution < 1.29 is 19.4 Å². The summed E-state index contributed by atoms with van der Waals surface area (Å²) in [4.78, 5) is 18.4. The van der Waals surface area contributed by atoms with Crippen LogP contribution in [0.15, 0.2) is 24.3 Å². The average Bonchev–Trinajstić information content (AvgIpc) is 2.36. The van der Waals surface area contributed by atoms with Gasteiger partial charge in [0, 0.05) is 6.42 Å². The summed E-state index contributed by atoms with van der Waals surface area (Å²) < 4.78 is 12.7. The zero-order valence-electron chi connectivity index (χ0n) is 9.67. The van der Waals surface area contributed by atoms with E-state index in [1.54, 1.807) is 0 Å². The summed E-state index contributed by atoms with van der Waals surface area (Å²) in [5.74, 6) is -2.74. The molecule has 0 saturated carbocycles. The molecular weight excluding hydrogens is 253 g/mol. The third-order valence-corrected chi connectivity index (χ3v) is 2.42. The minimum atomic E-state index is -0.976. The van der Waals surface area contributed by atoms with Gasteiger partial charge in [0.1, 0.15) is 11.6 Å². The minimum Gasteiger partial charge on any atom is -0.501 e. The Morgan fingerprint density at radius 1 is 1.21 bits per heavy atom. The van der Waals surface area contributed by atoms with Crippen LogP contribution in [0.2, 0.25) is 0 Å². The van der Waals surface area contributed by atoms with Crippen LogP contribution in [-0.4, -0.2) is 26.1 Å². The quantitative estimate of drug-likeness (QED) is 0.755. The standard InChI is InChI=1S/C12H10FN3O3/c13-7-3-1-6(2-4-7)5-8-15-9(11(14)18)10(17)12(19)16-8/h1-4,17H,5H2,(H2,14,18)(H,15,16,19). The van der Waals surface area contributed by atoms with Crippen LogP contribution in [0, 0.1) is 5.82 Å². The Morgan fingerprint density at radius 2 is 1.84 bits per heavy atom. The third-order valence-electron chi connectivity index (χ3n) is 2.42. The molecule has 0 atom stereocenters. The topological polar surface area (TPSA) is 109 Å². The summed E-state index contributed by atoms with van der Waals surface area (Å²) in [6.45, 7) is 0. The van der Waals surface area contributed by atoms with E-state index in [2.05, 4.69) is 9.97 Å². The molecule has 0 aliphatic rings. The summed E-state index contributed by atoms with van der Waals surface area (Å²) in [6, 6.07) is 5.58. The van der Waals surface area contributed by atoms with E-state index in [1.165, 1.54) is 24.3 Å². The summed E-state index contributed by atoms with van der Waals surface area (Å²) in [7, 11) is 0. The molecule has 1 aromatic heterocycles. The molecule has 19 heavy (non-hydrogen) atoms. The number of carbonyl (C=O) groups is 1. The van der Waals surface area contributed by atoms with Crippen LogP contribution in [0.3, 0.4) is 0 Å². The van der Waals surface area contributed by atoms with Gasteiger partial charge in [-0.05, 0) is 17.7 Å². The first-order valence-electron chi connectivity index (χ1n) is 5.30. The molecule has 2 rings (SSSR count). The first-order valence-corrected chi connectivity index (χ1v) is 5.30. The van der Waals surface area contributed by atoms with E-state index in [0.717, 1.165) is 0 Å². The molecule has 0 bridgehead atoms. The molecule has 0 unspecified atom stereocenters. The molecule has 0 saturated heterocycles. The van der Waals surface area contributed by atoms with Crippen LogP contribution in [0.5, 0.6) is 11.6 Å². The van der Waals surface area contributed by atoms with Crippen LogP contribution in [0.1, 0.15) is 21.9 Å². The maximum absolute atomic E-state index is 12.7. The van der Waals surface area contributed by atoms with Gasteiger partial charge in [0.05, 0.1) is 0 Å². The predicted molar refractivity (Wildman–Crippen MR) is 63.1 cm³/mol. The fourth-order valence-corrected chi connectivity index (χ4v) is 1.52. The van der Waals surface area contributed by atoms with Crippen LogP contribution in [0.25, 0.3) is 0 Å². The monoisotopic (exact) mass is 263 g/mol. The Morgan fingerprint density at radius 3 is 2.42 bits per heavy atom. The van der Waals surface area contributed by atoms with Gasteiger partial charge < -0.3 is 15.9 Å². The fourth-order valence-electron chi connectivity index (χ4n) is 1.52. The van der Waals surface area contributed by atoms with Gasteiger partial charge in [-0.1, -0.05) is 12.1 Å². The first-order chi connectivity index (χ1) is 8.97. The molecule has 0 spiro atoms. The number of nitrogens with two attached hydrogens (primary N) is 1. The summed E-state index contributed by atoms with van der Waals surface area (Å²) in [5, 5.41) is 18.8. The van der Waals surface area contributed by atoms with E-state index in [9.17, 15) is 19.4 Å². The normalized spacial score (nSPS) is 10.4. The van der Waals surface area contributed by atoms with Crippen molar-refractivity contribution in [3.05, 3.63) is 47.2 Å². The number of carbonyl (C=O) groups excluding carboxylic acids is 1. The second-order valence-corrected chi connectivity index (χ2v) is 3.83. The molecule has 1 amide bonds. The smallest absolute Gasteiger partial charge is 0.271 e. The Hall–Kier alpha value is -2.70. The maximum atomic E-state index is 12.7. The molecule has 0 radical (unpaired) electrons. The second-order valence-electron chi connectivity index (χ2n) is 3.83. The van der Waals surface area contributed by atoms with Crippen LogP contribution in [-0.2, 0) is 6.42 Å².